The molecule has 4 aromatic carbocycles. The molecule has 18 heteroatoms. The van der Waals surface area contributed by atoms with Crippen molar-refractivity contribution in [3.05, 3.63) is 138 Å². The molecule has 0 fully saturated rings. The van der Waals surface area contributed by atoms with Gasteiger partial charge in [0.15, 0.2) is 93.1 Å². The smallest absolute Gasteiger partial charge is 0.200 e. The molecule has 0 heterocycles. The second-order valence-corrected chi connectivity index (χ2v) is 9.13. The predicted molar refractivity (Wildman–Crippen MR) is 132 cm³/mol. The number of benzene rings is 4. The first kappa shape index (κ1) is 35.7. The van der Waals surface area contributed by atoms with Gasteiger partial charge in [-0.15, -0.1) is 0 Å². The van der Waals surface area contributed by atoms with Gasteiger partial charge in [-0.3, -0.25) is 0 Å². The maximum absolute atomic E-state index is 14.6. The zero-order chi connectivity index (χ0) is 36.1. The zero-order valence-electron chi connectivity index (χ0n) is 22.3. The Morgan fingerprint density at radius 2 is 0.229 bits per heavy atom. The molecule has 0 aliphatic rings. The molecule has 0 unspecified atom stereocenters. The predicted octanol–water partition coefficient (Wildman–Crippen LogP) is 10.7. The van der Waals surface area contributed by atoms with Crippen molar-refractivity contribution in [3.8, 4) is 0 Å². The third kappa shape index (κ3) is 5.79. The van der Waals surface area contributed by atoms with Crippen molar-refractivity contribution in [1.29, 1.82) is 0 Å². The van der Waals surface area contributed by atoms with Gasteiger partial charge in [0.2, 0.25) is 11.6 Å². The molecule has 48 heavy (non-hydrogen) atoms. The van der Waals surface area contributed by atoms with E-state index in [9.17, 15) is 79.0 Å². The molecule has 0 aliphatic heterocycles. The summed E-state index contributed by atoms with van der Waals surface area (Å²) in [5, 5.41) is 0. The highest BCUT2D eigenvalue weighted by Crippen LogP contribution is 2.32. The van der Waals surface area contributed by atoms with Crippen LogP contribution in [0, 0.1) is 105 Å². The fraction of sp³-hybridized carbons (Fsp3) is 0. The van der Waals surface area contributed by atoms with E-state index in [4.69, 9.17) is 0 Å². The first-order chi connectivity index (χ1) is 22.3. The fourth-order valence-corrected chi connectivity index (χ4v) is 3.95. The van der Waals surface area contributed by atoms with Crippen molar-refractivity contribution in [2.45, 2.75) is 0 Å². The van der Waals surface area contributed by atoms with Crippen LogP contribution in [0.15, 0.2) is 0 Å². The summed E-state index contributed by atoms with van der Waals surface area (Å²) >= 11 is 0. The van der Waals surface area contributed by atoms with E-state index in [1.165, 1.54) is 0 Å². The quantitative estimate of drug-likeness (QED) is 0.0810. The molecule has 252 valence electrons. The third-order valence-electron chi connectivity index (χ3n) is 6.40. The van der Waals surface area contributed by atoms with E-state index < -0.39 is 138 Å². The maximum Gasteiger partial charge on any atom is 0.200 e. The van der Waals surface area contributed by atoms with Gasteiger partial charge in [-0.25, -0.2) is 79.0 Å². The first-order valence-corrected chi connectivity index (χ1v) is 12.1. The Kier molecular flexibility index (Phi) is 9.78. The molecule has 0 spiro atoms. The molecular formula is C30H6F18. The Balaban J connectivity index is 1.76. The maximum atomic E-state index is 14.6. The average Bonchev–Trinajstić information content (AvgIpc) is 3.06. The molecule has 0 N–H and O–H groups in total. The lowest BCUT2D eigenvalue weighted by molar-refractivity contribution is 0.377. The van der Waals surface area contributed by atoms with Crippen molar-refractivity contribution in [2.75, 3.05) is 0 Å². The Labute approximate surface area is 254 Å². The van der Waals surface area contributed by atoms with Crippen LogP contribution < -0.4 is 0 Å². The lowest BCUT2D eigenvalue weighted by Crippen LogP contribution is -2.06. The third-order valence-corrected chi connectivity index (χ3v) is 6.40. The molecule has 4 rings (SSSR count). The van der Waals surface area contributed by atoms with Crippen LogP contribution in [0.1, 0.15) is 33.4 Å². The highest BCUT2D eigenvalue weighted by Gasteiger charge is 2.28. The standard InChI is InChI=1S/C30H6F18/c31-13-7(14(32)18(36)9(17(13)35)3-5-11-21(39)25(43)29(47)26(44)22(11)40)1-2-8-15(33)19(37)10(20(38)16(8)34)4-6-12-23(41)27(45)30(48)28(46)24(12)42/h1-6H. The van der Waals surface area contributed by atoms with Crippen LogP contribution in [0.2, 0.25) is 0 Å². The molecule has 4 aromatic rings. The monoisotopic (exact) mass is 708 g/mol. The summed E-state index contributed by atoms with van der Waals surface area (Å²) in [5.74, 6) is -44.4. The molecule has 0 atom stereocenters. The van der Waals surface area contributed by atoms with E-state index in [1.807, 2.05) is 0 Å². The summed E-state index contributed by atoms with van der Waals surface area (Å²) in [7, 11) is 0. The molecule has 0 aliphatic carbocycles. The van der Waals surface area contributed by atoms with E-state index in [0.29, 0.717) is 0 Å². The molecule has 0 bridgehead atoms. The van der Waals surface area contributed by atoms with E-state index in [0.717, 1.165) is 0 Å². The number of hydrogen-bond acceptors (Lipinski definition) is 0. The van der Waals surface area contributed by atoms with E-state index in [-0.39, 0.29) is 36.5 Å². The van der Waals surface area contributed by atoms with Gasteiger partial charge in [0.05, 0.1) is 33.4 Å². The van der Waals surface area contributed by atoms with Gasteiger partial charge < -0.3 is 0 Å². The lowest BCUT2D eigenvalue weighted by Gasteiger charge is -2.10. The molecule has 0 nitrogen and oxygen atoms in total. The van der Waals surface area contributed by atoms with Gasteiger partial charge in [0.25, 0.3) is 0 Å². The normalized spacial score (nSPS) is 12.1. The van der Waals surface area contributed by atoms with E-state index in [2.05, 4.69) is 0 Å². The Morgan fingerprint density at radius 3 is 0.354 bits per heavy atom. The number of halogens is 18. The van der Waals surface area contributed by atoms with Crippen LogP contribution in [0.3, 0.4) is 0 Å². The second-order valence-electron chi connectivity index (χ2n) is 9.13. The summed E-state index contributed by atoms with van der Waals surface area (Å²) in [5.41, 5.74) is -10.8. The number of hydrogen-bond donors (Lipinski definition) is 0. The molecule has 0 radical (unpaired) electrons. The Morgan fingerprint density at radius 1 is 0.146 bits per heavy atom. The molecular weight excluding hydrogens is 702 g/mol. The minimum Gasteiger partial charge on any atom is -0.203 e. The van der Waals surface area contributed by atoms with Crippen LogP contribution in [0.25, 0.3) is 36.5 Å². The minimum atomic E-state index is -2.60. The highest BCUT2D eigenvalue weighted by atomic mass is 19.2. The van der Waals surface area contributed by atoms with Crippen LogP contribution in [-0.2, 0) is 0 Å². The number of rotatable bonds is 6. The van der Waals surface area contributed by atoms with Crippen LogP contribution in [0.5, 0.6) is 0 Å². The van der Waals surface area contributed by atoms with Crippen LogP contribution in [-0.4, -0.2) is 0 Å². The minimum absolute atomic E-state index is 0.134. The van der Waals surface area contributed by atoms with Gasteiger partial charge >= 0.3 is 0 Å². The average molecular weight is 708 g/mol. The summed E-state index contributed by atoms with van der Waals surface area (Å²) in [6.45, 7) is 0. The summed E-state index contributed by atoms with van der Waals surface area (Å²) in [6, 6.07) is 0. The molecule has 0 amide bonds. The van der Waals surface area contributed by atoms with E-state index >= 15 is 0 Å². The molecule has 0 saturated heterocycles. The van der Waals surface area contributed by atoms with Gasteiger partial charge in [-0.05, 0) is 36.5 Å². The summed E-state index contributed by atoms with van der Waals surface area (Å²) in [4.78, 5) is 0. The van der Waals surface area contributed by atoms with Crippen LogP contribution in [0.4, 0.5) is 79.0 Å². The molecule has 0 aromatic heterocycles. The van der Waals surface area contributed by atoms with Gasteiger partial charge in [-0.1, -0.05) is 0 Å². The van der Waals surface area contributed by atoms with Crippen LogP contribution >= 0.6 is 0 Å². The summed E-state index contributed by atoms with van der Waals surface area (Å²) < 4.78 is 252. The van der Waals surface area contributed by atoms with Gasteiger partial charge in [-0.2, -0.15) is 0 Å². The largest absolute Gasteiger partial charge is 0.203 e. The topological polar surface area (TPSA) is 0 Å². The second kappa shape index (κ2) is 13.2. The fourth-order valence-electron chi connectivity index (χ4n) is 3.95. The van der Waals surface area contributed by atoms with Crippen molar-refractivity contribution in [3.63, 3.8) is 0 Å². The lowest BCUT2D eigenvalue weighted by atomic mass is 10.0. The van der Waals surface area contributed by atoms with Crippen molar-refractivity contribution in [1.82, 2.24) is 0 Å². The molecule has 0 saturated carbocycles. The highest BCUT2D eigenvalue weighted by molar-refractivity contribution is 5.76. The van der Waals surface area contributed by atoms with Gasteiger partial charge in [0, 0.05) is 0 Å². The van der Waals surface area contributed by atoms with Crippen molar-refractivity contribution < 1.29 is 79.0 Å². The Hall–Kier alpha value is -5.16. The Bertz CT molecular complexity index is 1840. The zero-order valence-corrected chi connectivity index (χ0v) is 22.3. The van der Waals surface area contributed by atoms with Crippen molar-refractivity contribution >= 4 is 36.5 Å². The van der Waals surface area contributed by atoms with Gasteiger partial charge in [0.1, 0.15) is 0 Å². The summed E-state index contributed by atoms with van der Waals surface area (Å²) in [6.07, 6.45) is -0.844. The van der Waals surface area contributed by atoms with E-state index in [1.54, 1.807) is 0 Å². The SMILES string of the molecule is Fc1c(F)c(F)c(C=Cc2c(F)c(F)c(C=Cc3c(F)c(F)c(C=Cc4c(F)c(F)c(F)c(F)c4F)c(F)c3F)c(F)c2F)c(F)c1F. The van der Waals surface area contributed by atoms with Crippen molar-refractivity contribution in [2.24, 2.45) is 0 Å². The first-order valence-electron chi connectivity index (χ1n) is 12.1.